The maximum absolute atomic E-state index is 13.0. The van der Waals surface area contributed by atoms with Gasteiger partial charge in [-0.1, -0.05) is 19.3 Å². The second kappa shape index (κ2) is 6.04. The van der Waals surface area contributed by atoms with Gasteiger partial charge >= 0.3 is 0 Å². The van der Waals surface area contributed by atoms with Gasteiger partial charge in [-0.3, -0.25) is 4.79 Å². The van der Waals surface area contributed by atoms with Gasteiger partial charge in [0, 0.05) is 19.3 Å². The van der Waals surface area contributed by atoms with Crippen LogP contribution < -0.4 is 5.73 Å². The van der Waals surface area contributed by atoms with Gasteiger partial charge < -0.3 is 10.6 Å². The number of carbonyl (C=O) groups is 1. The van der Waals surface area contributed by atoms with Gasteiger partial charge in [-0.2, -0.15) is 0 Å². The average molecular weight is 264 g/mol. The average Bonchev–Trinajstić information content (AvgIpc) is 2.39. The fraction of sp³-hybridized carbons (Fsp3) is 0.533. The van der Waals surface area contributed by atoms with Crippen LogP contribution in [0.15, 0.2) is 18.2 Å². The highest BCUT2D eigenvalue weighted by molar-refractivity contribution is 5.98. The van der Waals surface area contributed by atoms with Crippen molar-refractivity contribution in [2.45, 2.75) is 32.1 Å². The van der Waals surface area contributed by atoms with Gasteiger partial charge in [0.15, 0.2) is 0 Å². The van der Waals surface area contributed by atoms with Crippen molar-refractivity contribution >= 4 is 11.6 Å². The Hall–Kier alpha value is -1.58. The molecule has 0 heterocycles. The van der Waals surface area contributed by atoms with Gasteiger partial charge in [0.25, 0.3) is 5.91 Å². The van der Waals surface area contributed by atoms with Gasteiger partial charge in [0.2, 0.25) is 0 Å². The van der Waals surface area contributed by atoms with Crippen molar-refractivity contribution in [3.63, 3.8) is 0 Å². The van der Waals surface area contributed by atoms with Crippen LogP contribution in [0.25, 0.3) is 0 Å². The molecule has 1 aliphatic carbocycles. The van der Waals surface area contributed by atoms with Crippen molar-refractivity contribution in [2.75, 3.05) is 19.3 Å². The van der Waals surface area contributed by atoms with E-state index < -0.39 is 5.82 Å². The number of rotatable bonds is 3. The maximum Gasteiger partial charge on any atom is 0.255 e. The molecule has 1 aliphatic rings. The quantitative estimate of drug-likeness (QED) is 0.853. The van der Waals surface area contributed by atoms with Gasteiger partial charge in [-0.15, -0.1) is 0 Å². The molecular formula is C15H21FN2O. The summed E-state index contributed by atoms with van der Waals surface area (Å²) in [5.74, 6) is 0.0522. The second-order valence-electron chi connectivity index (χ2n) is 5.42. The van der Waals surface area contributed by atoms with Crippen molar-refractivity contribution in [1.29, 1.82) is 0 Å². The van der Waals surface area contributed by atoms with E-state index in [-0.39, 0.29) is 11.6 Å². The summed E-state index contributed by atoms with van der Waals surface area (Å²) in [7, 11) is 1.79. The van der Waals surface area contributed by atoms with E-state index in [1.807, 2.05) is 0 Å². The number of benzene rings is 1. The van der Waals surface area contributed by atoms with Crippen LogP contribution in [0.4, 0.5) is 10.1 Å². The standard InChI is InChI=1S/C15H21FN2O/c1-18(10-11-5-3-2-4-6-11)15(19)13-8-7-12(16)9-14(13)17/h7-9,11H,2-6,10,17H2,1H3. The first-order chi connectivity index (χ1) is 9.08. The third-order valence-electron chi connectivity index (χ3n) is 3.85. The highest BCUT2D eigenvalue weighted by atomic mass is 19.1. The molecule has 1 aromatic carbocycles. The van der Waals surface area contributed by atoms with E-state index >= 15 is 0 Å². The molecule has 0 bridgehead atoms. The van der Waals surface area contributed by atoms with E-state index in [0.717, 1.165) is 6.54 Å². The summed E-state index contributed by atoms with van der Waals surface area (Å²) in [6, 6.07) is 3.93. The number of halogens is 1. The summed E-state index contributed by atoms with van der Waals surface area (Å²) in [5, 5.41) is 0. The number of carbonyl (C=O) groups excluding carboxylic acids is 1. The smallest absolute Gasteiger partial charge is 0.255 e. The van der Waals surface area contributed by atoms with Crippen molar-refractivity contribution in [3.8, 4) is 0 Å². The first-order valence-electron chi connectivity index (χ1n) is 6.88. The van der Waals surface area contributed by atoms with E-state index in [0.29, 0.717) is 11.5 Å². The fourth-order valence-electron chi connectivity index (χ4n) is 2.77. The maximum atomic E-state index is 13.0. The molecule has 0 unspecified atom stereocenters. The number of hydrogen-bond donors (Lipinski definition) is 1. The Kier molecular flexibility index (Phi) is 4.40. The SMILES string of the molecule is CN(CC1CCCCC1)C(=O)c1ccc(F)cc1N. The summed E-state index contributed by atoms with van der Waals surface area (Å²) in [4.78, 5) is 14.0. The van der Waals surface area contributed by atoms with Crippen LogP contribution in [0.1, 0.15) is 42.5 Å². The fourth-order valence-corrected chi connectivity index (χ4v) is 2.77. The molecule has 104 valence electrons. The Balaban J connectivity index is 2.01. The van der Waals surface area contributed by atoms with Crippen molar-refractivity contribution < 1.29 is 9.18 Å². The van der Waals surface area contributed by atoms with E-state index in [2.05, 4.69) is 0 Å². The monoisotopic (exact) mass is 264 g/mol. The molecule has 0 aliphatic heterocycles. The lowest BCUT2D eigenvalue weighted by atomic mass is 9.89. The minimum atomic E-state index is -0.413. The molecule has 4 heteroatoms. The predicted molar refractivity (Wildman–Crippen MR) is 74.3 cm³/mol. The largest absolute Gasteiger partial charge is 0.398 e. The molecule has 0 radical (unpaired) electrons. The topological polar surface area (TPSA) is 46.3 Å². The van der Waals surface area contributed by atoms with Crippen LogP contribution in [0, 0.1) is 11.7 Å². The minimum Gasteiger partial charge on any atom is -0.398 e. The highest BCUT2D eigenvalue weighted by Gasteiger charge is 2.20. The summed E-state index contributed by atoms with van der Waals surface area (Å²) in [5.41, 5.74) is 6.30. The first-order valence-corrected chi connectivity index (χ1v) is 6.88. The third kappa shape index (κ3) is 3.46. The van der Waals surface area contributed by atoms with E-state index in [4.69, 9.17) is 5.73 Å². The molecule has 0 spiro atoms. The lowest BCUT2D eigenvalue weighted by Gasteiger charge is -2.27. The summed E-state index contributed by atoms with van der Waals surface area (Å²) < 4.78 is 13.0. The van der Waals surface area contributed by atoms with Crippen LogP contribution in [-0.2, 0) is 0 Å². The van der Waals surface area contributed by atoms with Crippen LogP contribution in [0.3, 0.4) is 0 Å². The number of amides is 1. The number of nitrogen functional groups attached to an aromatic ring is 1. The Morgan fingerprint density at radius 1 is 1.37 bits per heavy atom. The zero-order valence-corrected chi connectivity index (χ0v) is 11.4. The molecular weight excluding hydrogens is 243 g/mol. The summed E-state index contributed by atoms with van der Waals surface area (Å²) in [6.07, 6.45) is 6.20. The lowest BCUT2D eigenvalue weighted by Crippen LogP contribution is -2.33. The number of hydrogen-bond acceptors (Lipinski definition) is 2. The lowest BCUT2D eigenvalue weighted by molar-refractivity contribution is 0.0761. The first kappa shape index (κ1) is 13.8. The minimum absolute atomic E-state index is 0.122. The second-order valence-corrected chi connectivity index (χ2v) is 5.42. The molecule has 19 heavy (non-hydrogen) atoms. The third-order valence-corrected chi connectivity index (χ3v) is 3.85. The van der Waals surface area contributed by atoms with E-state index in [9.17, 15) is 9.18 Å². The Bertz CT molecular complexity index is 455. The molecule has 3 nitrogen and oxygen atoms in total. The molecule has 1 saturated carbocycles. The van der Waals surface area contributed by atoms with Crippen LogP contribution in [0.2, 0.25) is 0 Å². The molecule has 2 N–H and O–H groups in total. The predicted octanol–water partition coefficient (Wildman–Crippen LogP) is 3.06. The summed E-state index contributed by atoms with van der Waals surface area (Å²) in [6.45, 7) is 0.760. The number of anilines is 1. The van der Waals surface area contributed by atoms with E-state index in [1.165, 1.54) is 50.3 Å². The van der Waals surface area contributed by atoms with Crippen molar-refractivity contribution in [1.82, 2.24) is 4.90 Å². The van der Waals surface area contributed by atoms with E-state index in [1.54, 1.807) is 11.9 Å². The molecule has 1 aromatic rings. The van der Waals surface area contributed by atoms with Gasteiger partial charge in [-0.05, 0) is 37.0 Å². The van der Waals surface area contributed by atoms with Crippen molar-refractivity contribution in [3.05, 3.63) is 29.6 Å². The van der Waals surface area contributed by atoms with Crippen LogP contribution in [0.5, 0.6) is 0 Å². The van der Waals surface area contributed by atoms with Gasteiger partial charge in [0.1, 0.15) is 5.82 Å². The molecule has 0 saturated heterocycles. The summed E-state index contributed by atoms with van der Waals surface area (Å²) >= 11 is 0. The zero-order chi connectivity index (χ0) is 13.8. The molecule has 0 atom stereocenters. The molecule has 0 aromatic heterocycles. The Morgan fingerprint density at radius 3 is 2.68 bits per heavy atom. The normalized spacial score (nSPS) is 16.3. The van der Waals surface area contributed by atoms with Crippen molar-refractivity contribution in [2.24, 2.45) is 5.92 Å². The molecule has 2 rings (SSSR count). The number of nitrogens with zero attached hydrogens (tertiary/aromatic N) is 1. The van der Waals surface area contributed by atoms with Crippen LogP contribution >= 0.6 is 0 Å². The molecule has 1 amide bonds. The number of nitrogens with two attached hydrogens (primary N) is 1. The molecule has 1 fully saturated rings. The Labute approximate surface area is 113 Å². The zero-order valence-electron chi connectivity index (χ0n) is 11.4. The van der Waals surface area contributed by atoms with Crippen LogP contribution in [-0.4, -0.2) is 24.4 Å². The Morgan fingerprint density at radius 2 is 2.05 bits per heavy atom. The van der Waals surface area contributed by atoms with Gasteiger partial charge in [0.05, 0.1) is 5.56 Å². The highest BCUT2D eigenvalue weighted by Crippen LogP contribution is 2.25. The van der Waals surface area contributed by atoms with Gasteiger partial charge in [-0.25, -0.2) is 4.39 Å².